The number of para-hydroxylation sites is 1. The van der Waals surface area contributed by atoms with Crippen molar-refractivity contribution < 1.29 is 9.59 Å². The Morgan fingerprint density at radius 2 is 1.95 bits per heavy atom. The molecule has 0 saturated carbocycles. The fourth-order valence-electron chi connectivity index (χ4n) is 2.37. The molecule has 0 unspecified atom stereocenters. The number of benzene rings is 1. The molecule has 2 aromatic rings. The Hall–Kier alpha value is -2.10. The molecular weight excluding hydrogens is 264 g/mol. The van der Waals surface area contributed by atoms with E-state index in [1.807, 2.05) is 28.8 Å². The number of nitrogens with zero attached hydrogens (tertiary/aromatic N) is 1. The van der Waals surface area contributed by atoms with Crippen LogP contribution in [0.5, 0.6) is 0 Å². The molecule has 4 nitrogen and oxygen atoms in total. The highest BCUT2D eigenvalue weighted by Crippen LogP contribution is 2.21. The summed E-state index contributed by atoms with van der Waals surface area (Å²) in [5.74, 6) is 0.568. The van der Waals surface area contributed by atoms with Gasteiger partial charge in [-0.25, -0.2) is 0 Å². The van der Waals surface area contributed by atoms with Gasteiger partial charge in [-0.15, -0.1) is 0 Å². The number of aromatic nitrogens is 1. The van der Waals surface area contributed by atoms with Crippen LogP contribution in [0.25, 0.3) is 10.9 Å². The molecule has 1 N–H and O–H groups in total. The van der Waals surface area contributed by atoms with Gasteiger partial charge in [0.15, 0.2) is 5.78 Å². The van der Waals surface area contributed by atoms with Crippen molar-refractivity contribution in [2.24, 2.45) is 5.92 Å². The molecule has 1 aromatic heterocycles. The number of amides is 1. The van der Waals surface area contributed by atoms with Crippen LogP contribution < -0.4 is 5.32 Å². The summed E-state index contributed by atoms with van der Waals surface area (Å²) in [6.45, 7) is 6.74. The molecule has 0 radical (unpaired) electrons. The van der Waals surface area contributed by atoms with Crippen LogP contribution in [0.3, 0.4) is 0 Å². The Morgan fingerprint density at radius 3 is 2.62 bits per heavy atom. The maximum Gasteiger partial charge on any atom is 0.239 e. The number of ketones is 1. The molecular formula is C17H22N2O2. The summed E-state index contributed by atoms with van der Waals surface area (Å²) in [6.07, 6.45) is 2.74. The van der Waals surface area contributed by atoms with Crippen LogP contribution >= 0.6 is 0 Å². The van der Waals surface area contributed by atoms with Gasteiger partial charge in [-0.3, -0.25) is 9.59 Å². The van der Waals surface area contributed by atoms with Crippen molar-refractivity contribution in [2.45, 2.75) is 33.7 Å². The molecule has 4 heteroatoms. The first kappa shape index (κ1) is 15.3. The van der Waals surface area contributed by atoms with Crippen LogP contribution in [0.2, 0.25) is 0 Å². The number of Topliss-reactive ketones (excluding diaryl/α,β-unsaturated/α-hetero) is 1. The Balaban J connectivity index is 2.15. The molecule has 0 aliphatic heterocycles. The van der Waals surface area contributed by atoms with Crippen LogP contribution in [0, 0.1) is 5.92 Å². The summed E-state index contributed by atoms with van der Waals surface area (Å²) in [5.41, 5.74) is 1.59. The molecule has 112 valence electrons. The van der Waals surface area contributed by atoms with Crippen molar-refractivity contribution in [1.82, 2.24) is 9.88 Å². The molecule has 2 rings (SSSR count). The van der Waals surface area contributed by atoms with Crippen molar-refractivity contribution in [3.8, 4) is 0 Å². The van der Waals surface area contributed by atoms with Crippen LogP contribution in [-0.2, 0) is 11.3 Å². The number of rotatable bonds is 6. The number of nitrogens with one attached hydrogen (secondary N) is 1. The summed E-state index contributed by atoms with van der Waals surface area (Å²) >= 11 is 0. The van der Waals surface area contributed by atoms with Crippen LogP contribution in [0.15, 0.2) is 30.5 Å². The SMILES string of the molecule is CC(=O)c1cn(CC(=O)NCCC(C)C)c2ccccc12. The molecule has 0 saturated heterocycles. The largest absolute Gasteiger partial charge is 0.355 e. The van der Waals surface area contributed by atoms with Crippen molar-refractivity contribution in [3.63, 3.8) is 0 Å². The van der Waals surface area contributed by atoms with Crippen molar-refractivity contribution in [2.75, 3.05) is 6.54 Å². The second-order valence-corrected chi connectivity index (χ2v) is 5.78. The van der Waals surface area contributed by atoms with Crippen molar-refractivity contribution >= 4 is 22.6 Å². The van der Waals surface area contributed by atoms with E-state index in [1.165, 1.54) is 0 Å². The van der Waals surface area contributed by atoms with E-state index in [9.17, 15) is 9.59 Å². The molecule has 1 heterocycles. The van der Waals surface area contributed by atoms with Crippen molar-refractivity contribution in [1.29, 1.82) is 0 Å². The normalized spacial score (nSPS) is 11.0. The zero-order valence-electron chi connectivity index (χ0n) is 12.8. The van der Waals surface area contributed by atoms with Gasteiger partial charge in [0.1, 0.15) is 6.54 Å². The molecule has 1 amide bonds. The van der Waals surface area contributed by atoms with Crippen LogP contribution in [0.4, 0.5) is 0 Å². The maximum absolute atomic E-state index is 12.0. The maximum atomic E-state index is 12.0. The minimum Gasteiger partial charge on any atom is -0.355 e. The summed E-state index contributed by atoms with van der Waals surface area (Å²) < 4.78 is 1.84. The average molecular weight is 286 g/mol. The Labute approximate surface area is 125 Å². The quantitative estimate of drug-likeness (QED) is 0.830. The molecule has 1 aromatic carbocycles. The second-order valence-electron chi connectivity index (χ2n) is 5.78. The van der Waals surface area contributed by atoms with Gasteiger partial charge in [-0.05, 0) is 25.3 Å². The summed E-state index contributed by atoms with van der Waals surface area (Å²) in [5, 5.41) is 3.82. The van der Waals surface area contributed by atoms with Gasteiger partial charge in [0.2, 0.25) is 5.91 Å². The fraction of sp³-hybridized carbons (Fsp3) is 0.412. The molecule has 0 spiro atoms. The summed E-state index contributed by atoms with van der Waals surface area (Å²) in [4.78, 5) is 23.7. The Bertz CT molecular complexity index is 656. The first-order chi connectivity index (χ1) is 9.99. The van der Waals surface area contributed by atoms with E-state index in [1.54, 1.807) is 13.1 Å². The highest BCUT2D eigenvalue weighted by Gasteiger charge is 2.13. The van der Waals surface area contributed by atoms with Crippen molar-refractivity contribution in [3.05, 3.63) is 36.0 Å². The predicted molar refractivity (Wildman–Crippen MR) is 84.4 cm³/mol. The second kappa shape index (κ2) is 6.57. The van der Waals surface area contributed by atoms with E-state index in [4.69, 9.17) is 0 Å². The summed E-state index contributed by atoms with van der Waals surface area (Å²) in [6, 6.07) is 7.67. The number of carbonyl (C=O) groups is 2. The first-order valence-electron chi connectivity index (χ1n) is 7.34. The summed E-state index contributed by atoms with van der Waals surface area (Å²) in [7, 11) is 0. The third kappa shape index (κ3) is 3.72. The fourth-order valence-corrected chi connectivity index (χ4v) is 2.37. The number of fused-ring (bicyclic) bond motifs is 1. The molecule has 0 fully saturated rings. The Morgan fingerprint density at radius 1 is 1.24 bits per heavy atom. The van der Waals surface area contributed by atoms with Gasteiger partial charge >= 0.3 is 0 Å². The van der Waals surface area contributed by atoms with Gasteiger partial charge in [-0.2, -0.15) is 0 Å². The van der Waals surface area contributed by atoms with Gasteiger partial charge in [0.05, 0.1) is 0 Å². The van der Waals surface area contributed by atoms with E-state index >= 15 is 0 Å². The topological polar surface area (TPSA) is 51.1 Å². The van der Waals surface area contributed by atoms with E-state index in [2.05, 4.69) is 19.2 Å². The van der Waals surface area contributed by atoms with Gasteiger partial charge in [0.25, 0.3) is 0 Å². The average Bonchev–Trinajstić information content (AvgIpc) is 2.78. The van der Waals surface area contributed by atoms with E-state index in [-0.39, 0.29) is 18.2 Å². The third-order valence-electron chi connectivity index (χ3n) is 3.53. The third-order valence-corrected chi connectivity index (χ3v) is 3.53. The zero-order chi connectivity index (χ0) is 15.4. The molecule has 0 atom stereocenters. The number of hydrogen-bond acceptors (Lipinski definition) is 2. The van der Waals surface area contributed by atoms with E-state index in [0.29, 0.717) is 18.0 Å². The highest BCUT2D eigenvalue weighted by atomic mass is 16.2. The first-order valence-corrected chi connectivity index (χ1v) is 7.34. The van der Waals surface area contributed by atoms with Gasteiger partial charge in [-0.1, -0.05) is 32.0 Å². The number of carbonyl (C=O) groups excluding carboxylic acids is 2. The predicted octanol–water partition coefficient (Wildman–Crippen LogP) is 3.01. The van der Waals surface area contributed by atoms with Crippen LogP contribution in [0.1, 0.15) is 37.6 Å². The lowest BCUT2D eigenvalue weighted by atomic mass is 10.1. The standard InChI is InChI=1S/C17H22N2O2/c1-12(2)8-9-18-17(21)11-19-10-15(13(3)20)14-6-4-5-7-16(14)19/h4-7,10,12H,8-9,11H2,1-3H3,(H,18,21). The van der Waals surface area contributed by atoms with E-state index in [0.717, 1.165) is 17.3 Å². The number of hydrogen-bond donors (Lipinski definition) is 1. The molecule has 0 bridgehead atoms. The van der Waals surface area contributed by atoms with E-state index < -0.39 is 0 Å². The monoisotopic (exact) mass is 286 g/mol. The minimum atomic E-state index is -0.0218. The molecule has 0 aliphatic carbocycles. The van der Waals surface area contributed by atoms with Gasteiger partial charge in [0, 0.05) is 29.2 Å². The molecule has 0 aliphatic rings. The van der Waals surface area contributed by atoms with Crippen LogP contribution in [-0.4, -0.2) is 22.8 Å². The van der Waals surface area contributed by atoms with Gasteiger partial charge < -0.3 is 9.88 Å². The smallest absolute Gasteiger partial charge is 0.239 e. The minimum absolute atomic E-state index is 0.0187. The zero-order valence-corrected chi connectivity index (χ0v) is 12.8. The lowest BCUT2D eigenvalue weighted by Gasteiger charge is -2.08. The lowest BCUT2D eigenvalue weighted by molar-refractivity contribution is -0.121. The lowest BCUT2D eigenvalue weighted by Crippen LogP contribution is -2.28. The highest BCUT2D eigenvalue weighted by molar-refractivity contribution is 6.07. The molecule has 21 heavy (non-hydrogen) atoms. The Kier molecular flexibility index (Phi) is 4.78.